The highest BCUT2D eigenvalue weighted by Gasteiger charge is 2.36. The van der Waals surface area contributed by atoms with Crippen LogP contribution in [0.15, 0.2) is 18.2 Å². The first-order valence-electron chi connectivity index (χ1n) is 6.07. The fourth-order valence-corrected chi connectivity index (χ4v) is 1.38. The smallest absolute Gasteiger partial charge is 0.253 e. The molecule has 5 heteroatoms. The third-order valence-electron chi connectivity index (χ3n) is 3.46. The van der Waals surface area contributed by atoms with Crippen LogP contribution in [-0.4, -0.2) is 29.3 Å². The fourth-order valence-electron chi connectivity index (χ4n) is 1.38. The number of rotatable bonds is 4. The number of aliphatic hydroxyl groups is 1. The lowest BCUT2D eigenvalue weighted by Gasteiger charge is -2.38. The van der Waals surface area contributed by atoms with Crippen LogP contribution in [0.2, 0.25) is 0 Å². The number of hydrogen-bond donors (Lipinski definition) is 3. The molecule has 0 bridgehead atoms. The molecule has 0 aliphatic rings. The minimum absolute atomic E-state index is 0.327. The highest BCUT2D eigenvalue weighted by atomic mass is 16.5. The second-order valence-electron chi connectivity index (χ2n) is 5.59. The van der Waals surface area contributed by atoms with Gasteiger partial charge < -0.3 is 20.9 Å². The van der Waals surface area contributed by atoms with Crippen molar-refractivity contribution in [3.63, 3.8) is 0 Å². The fraction of sp³-hybridized carbons (Fsp3) is 0.500. The molecule has 5 nitrogen and oxygen atoms in total. The standard InChI is InChI=1S/C14H22N2O3/c1-13(2,14(3,4)18)16-12(17)10-7-6-9(19-5)8-11(10)15/h6-8,18H,15H2,1-5H3,(H,16,17). The van der Waals surface area contributed by atoms with E-state index < -0.39 is 11.1 Å². The van der Waals surface area contributed by atoms with Crippen LogP contribution < -0.4 is 15.8 Å². The highest BCUT2D eigenvalue weighted by molar-refractivity contribution is 5.99. The van der Waals surface area contributed by atoms with E-state index in [0.717, 1.165) is 0 Å². The van der Waals surface area contributed by atoms with Gasteiger partial charge in [-0.1, -0.05) is 0 Å². The van der Waals surface area contributed by atoms with Crippen LogP contribution in [0, 0.1) is 0 Å². The molecule has 1 aromatic carbocycles. The minimum atomic E-state index is -1.05. The van der Waals surface area contributed by atoms with E-state index in [1.807, 2.05) is 0 Å². The molecule has 0 radical (unpaired) electrons. The van der Waals surface area contributed by atoms with E-state index in [1.165, 1.54) is 7.11 Å². The molecule has 1 rings (SSSR count). The van der Waals surface area contributed by atoms with Crippen molar-refractivity contribution in [2.75, 3.05) is 12.8 Å². The van der Waals surface area contributed by atoms with E-state index in [4.69, 9.17) is 10.5 Å². The molecule has 0 spiro atoms. The van der Waals surface area contributed by atoms with Gasteiger partial charge in [0, 0.05) is 11.8 Å². The average Bonchev–Trinajstić information content (AvgIpc) is 2.26. The number of ether oxygens (including phenoxy) is 1. The Labute approximate surface area is 113 Å². The van der Waals surface area contributed by atoms with Gasteiger partial charge in [0.2, 0.25) is 0 Å². The first-order chi connectivity index (χ1) is 8.58. The van der Waals surface area contributed by atoms with Crippen LogP contribution in [0.1, 0.15) is 38.1 Å². The zero-order valence-corrected chi connectivity index (χ0v) is 12.1. The molecule has 19 heavy (non-hydrogen) atoms. The summed E-state index contributed by atoms with van der Waals surface area (Å²) >= 11 is 0. The number of hydrogen-bond acceptors (Lipinski definition) is 4. The summed E-state index contributed by atoms with van der Waals surface area (Å²) in [6.45, 7) is 6.80. The van der Waals surface area contributed by atoms with Crippen molar-refractivity contribution in [2.24, 2.45) is 0 Å². The molecule has 1 amide bonds. The number of carbonyl (C=O) groups is 1. The lowest BCUT2D eigenvalue weighted by Crippen LogP contribution is -2.57. The molecule has 0 unspecified atom stereocenters. The van der Waals surface area contributed by atoms with Crippen LogP contribution >= 0.6 is 0 Å². The monoisotopic (exact) mass is 266 g/mol. The normalized spacial score (nSPS) is 12.1. The predicted octanol–water partition coefficient (Wildman–Crippen LogP) is 1.56. The number of anilines is 1. The number of nitrogen functional groups attached to an aromatic ring is 1. The average molecular weight is 266 g/mol. The van der Waals surface area contributed by atoms with Crippen molar-refractivity contribution in [1.82, 2.24) is 5.32 Å². The van der Waals surface area contributed by atoms with Crippen LogP contribution in [-0.2, 0) is 0 Å². The molecule has 0 fully saturated rings. The summed E-state index contributed by atoms with van der Waals surface area (Å²) < 4.78 is 5.03. The first-order valence-corrected chi connectivity index (χ1v) is 6.07. The summed E-state index contributed by atoms with van der Waals surface area (Å²) in [6, 6.07) is 4.86. The number of amides is 1. The largest absolute Gasteiger partial charge is 0.497 e. The molecule has 0 saturated heterocycles. The molecular weight excluding hydrogens is 244 g/mol. The molecule has 0 aliphatic carbocycles. The topological polar surface area (TPSA) is 84.6 Å². The maximum atomic E-state index is 12.2. The van der Waals surface area contributed by atoms with Gasteiger partial charge in [0.25, 0.3) is 5.91 Å². The molecule has 0 aromatic heterocycles. The van der Waals surface area contributed by atoms with Crippen LogP contribution in [0.4, 0.5) is 5.69 Å². The maximum Gasteiger partial charge on any atom is 0.253 e. The van der Waals surface area contributed by atoms with Crippen LogP contribution in [0.25, 0.3) is 0 Å². The third kappa shape index (κ3) is 3.38. The number of methoxy groups -OCH3 is 1. The van der Waals surface area contributed by atoms with Gasteiger partial charge in [0.1, 0.15) is 5.75 Å². The number of nitrogens with two attached hydrogens (primary N) is 1. The van der Waals surface area contributed by atoms with Crippen LogP contribution in [0.3, 0.4) is 0 Å². The van der Waals surface area contributed by atoms with E-state index >= 15 is 0 Å². The molecule has 0 aliphatic heterocycles. The lowest BCUT2D eigenvalue weighted by atomic mass is 9.85. The summed E-state index contributed by atoms with van der Waals surface area (Å²) in [5.41, 5.74) is 4.69. The van der Waals surface area contributed by atoms with E-state index in [1.54, 1.807) is 45.9 Å². The van der Waals surface area contributed by atoms with Crippen molar-refractivity contribution in [3.8, 4) is 5.75 Å². The summed E-state index contributed by atoms with van der Waals surface area (Å²) in [5, 5.41) is 12.8. The summed E-state index contributed by atoms with van der Waals surface area (Å²) in [6.07, 6.45) is 0. The Morgan fingerprint density at radius 2 is 1.89 bits per heavy atom. The Morgan fingerprint density at radius 1 is 1.32 bits per heavy atom. The zero-order chi connectivity index (χ0) is 14.8. The Balaban J connectivity index is 2.97. The summed E-state index contributed by atoms with van der Waals surface area (Å²) in [4.78, 5) is 12.2. The Kier molecular flexibility index (Phi) is 4.10. The Hall–Kier alpha value is -1.75. The molecule has 1 aromatic rings. The lowest BCUT2D eigenvalue weighted by molar-refractivity contribution is -0.00291. The van der Waals surface area contributed by atoms with E-state index in [-0.39, 0.29) is 5.91 Å². The van der Waals surface area contributed by atoms with Crippen molar-refractivity contribution >= 4 is 11.6 Å². The third-order valence-corrected chi connectivity index (χ3v) is 3.46. The molecule has 4 N–H and O–H groups in total. The van der Waals surface area contributed by atoms with Crippen molar-refractivity contribution in [1.29, 1.82) is 0 Å². The van der Waals surface area contributed by atoms with Gasteiger partial charge in [-0.25, -0.2) is 0 Å². The highest BCUT2D eigenvalue weighted by Crippen LogP contribution is 2.23. The number of carbonyl (C=O) groups excluding carboxylic acids is 1. The second kappa shape index (κ2) is 5.09. The van der Waals surface area contributed by atoms with Gasteiger partial charge in [0.15, 0.2) is 0 Å². The summed E-state index contributed by atoms with van der Waals surface area (Å²) in [5.74, 6) is 0.267. The van der Waals surface area contributed by atoms with Crippen molar-refractivity contribution in [3.05, 3.63) is 23.8 Å². The minimum Gasteiger partial charge on any atom is -0.497 e. The molecule has 0 heterocycles. The SMILES string of the molecule is COc1ccc(C(=O)NC(C)(C)C(C)(C)O)c(N)c1. The van der Waals surface area contributed by atoms with Crippen molar-refractivity contribution in [2.45, 2.75) is 38.8 Å². The van der Waals surface area contributed by atoms with Crippen LogP contribution in [0.5, 0.6) is 5.75 Å². The number of nitrogens with one attached hydrogen (secondary N) is 1. The second-order valence-corrected chi connectivity index (χ2v) is 5.59. The molecular formula is C14H22N2O3. The van der Waals surface area contributed by atoms with E-state index in [0.29, 0.717) is 17.0 Å². The molecule has 0 atom stereocenters. The van der Waals surface area contributed by atoms with Gasteiger partial charge in [-0.3, -0.25) is 4.79 Å². The van der Waals surface area contributed by atoms with Crippen molar-refractivity contribution < 1.29 is 14.6 Å². The first kappa shape index (κ1) is 15.3. The molecule has 0 saturated carbocycles. The summed E-state index contributed by atoms with van der Waals surface area (Å²) in [7, 11) is 1.53. The van der Waals surface area contributed by atoms with Gasteiger partial charge in [-0.2, -0.15) is 0 Å². The van der Waals surface area contributed by atoms with E-state index in [2.05, 4.69) is 5.32 Å². The quantitative estimate of drug-likeness (QED) is 0.722. The Morgan fingerprint density at radius 3 is 2.32 bits per heavy atom. The zero-order valence-electron chi connectivity index (χ0n) is 12.1. The Bertz CT molecular complexity index is 476. The van der Waals surface area contributed by atoms with Gasteiger partial charge in [-0.05, 0) is 39.8 Å². The van der Waals surface area contributed by atoms with E-state index in [9.17, 15) is 9.90 Å². The maximum absolute atomic E-state index is 12.2. The van der Waals surface area contributed by atoms with Gasteiger partial charge in [0.05, 0.1) is 23.8 Å². The van der Waals surface area contributed by atoms with Gasteiger partial charge in [-0.15, -0.1) is 0 Å². The number of benzene rings is 1. The predicted molar refractivity (Wildman–Crippen MR) is 75.2 cm³/mol. The van der Waals surface area contributed by atoms with Gasteiger partial charge >= 0.3 is 0 Å². The molecule has 106 valence electrons.